The molecule has 2 fully saturated rings. The number of rotatable bonds is 11. The topological polar surface area (TPSA) is 190 Å². The van der Waals surface area contributed by atoms with Gasteiger partial charge in [0.05, 0.1) is 0 Å². The maximum atomic E-state index is 13.7. The molecule has 0 spiro atoms. The van der Waals surface area contributed by atoms with E-state index in [1.807, 2.05) is 0 Å². The number of likely N-dealkylation sites (tertiary alicyclic amines) is 1. The fourth-order valence-electron chi connectivity index (χ4n) is 5.09. The highest BCUT2D eigenvalue weighted by atomic mass is 16.4. The number of urea groups is 1. The van der Waals surface area contributed by atoms with Crippen molar-refractivity contribution < 1.29 is 24.3 Å². The van der Waals surface area contributed by atoms with Crippen LogP contribution in [0.1, 0.15) is 44.1 Å². The first-order chi connectivity index (χ1) is 18.8. The van der Waals surface area contributed by atoms with Gasteiger partial charge in [-0.2, -0.15) is 0 Å². The first-order valence-electron chi connectivity index (χ1n) is 13.7. The predicted octanol–water partition coefficient (Wildman–Crippen LogP) is 0.421. The second kappa shape index (κ2) is 15.1. The number of carbonyl (C=O) groups excluding carboxylic acids is 3. The fraction of sp³-hybridized carbons (Fsp3) is 0.593. The molecule has 4 atom stereocenters. The normalized spacial score (nSPS) is 20.0. The minimum atomic E-state index is -1.46. The van der Waals surface area contributed by atoms with Crippen molar-refractivity contribution in [1.82, 2.24) is 26.2 Å². The van der Waals surface area contributed by atoms with Gasteiger partial charge in [0.25, 0.3) is 0 Å². The van der Waals surface area contributed by atoms with Crippen LogP contribution in [0.4, 0.5) is 4.79 Å². The highest BCUT2D eigenvalue weighted by Gasteiger charge is 2.40. The van der Waals surface area contributed by atoms with Crippen LogP contribution in [0.5, 0.6) is 0 Å². The van der Waals surface area contributed by atoms with Crippen LogP contribution in [-0.4, -0.2) is 84.5 Å². The fourth-order valence-corrected chi connectivity index (χ4v) is 5.09. The number of carbonyl (C=O) groups is 4. The van der Waals surface area contributed by atoms with Crippen molar-refractivity contribution in [3.8, 4) is 0 Å². The first-order valence-corrected chi connectivity index (χ1v) is 13.7. The van der Waals surface area contributed by atoms with Crippen LogP contribution in [0.2, 0.25) is 0 Å². The van der Waals surface area contributed by atoms with Crippen molar-refractivity contribution in [2.24, 2.45) is 17.6 Å². The van der Waals surface area contributed by atoms with E-state index in [9.17, 15) is 24.3 Å². The lowest BCUT2D eigenvalue weighted by molar-refractivity contribution is -0.139. The SMILES string of the molecule is N=C(N)[C@@H](C(=O)NCC1CCCNC1)[C@H](NC(=O)N[C@@H](Cc1ccccc1)C(=O)O)C(=O)N1CCCCCC1. The van der Waals surface area contributed by atoms with Gasteiger partial charge in [0.2, 0.25) is 11.8 Å². The summed E-state index contributed by atoms with van der Waals surface area (Å²) in [5.74, 6) is -4.17. The molecule has 1 aromatic carbocycles. The average molecular weight is 544 g/mol. The molecule has 3 rings (SSSR count). The summed E-state index contributed by atoms with van der Waals surface area (Å²) in [6.07, 6.45) is 5.46. The number of hydrogen-bond acceptors (Lipinski definition) is 6. The molecule has 8 N–H and O–H groups in total. The van der Waals surface area contributed by atoms with E-state index in [0.717, 1.165) is 51.6 Å². The van der Waals surface area contributed by atoms with Gasteiger partial charge < -0.3 is 37.0 Å². The molecule has 0 aromatic heterocycles. The van der Waals surface area contributed by atoms with E-state index in [1.54, 1.807) is 35.2 Å². The summed E-state index contributed by atoms with van der Waals surface area (Å²) < 4.78 is 0. The first kappa shape index (κ1) is 29.9. The number of carboxylic acid groups (broad SMARTS) is 1. The van der Waals surface area contributed by atoms with Crippen molar-refractivity contribution in [2.75, 3.05) is 32.7 Å². The predicted molar refractivity (Wildman–Crippen MR) is 146 cm³/mol. The van der Waals surface area contributed by atoms with E-state index < -0.39 is 47.7 Å². The van der Waals surface area contributed by atoms with Crippen molar-refractivity contribution in [2.45, 2.75) is 57.0 Å². The van der Waals surface area contributed by atoms with Crippen molar-refractivity contribution in [3.63, 3.8) is 0 Å². The van der Waals surface area contributed by atoms with Crippen LogP contribution in [0.25, 0.3) is 0 Å². The van der Waals surface area contributed by atoms with Gasteiger partial charge in [-0.1, -0.05) is 43.2 Å². The largest absolute Gasteiger partial charge is 0.480 e. The Morgan fingerprint density at radius 2 is 1.74 bits per heavy atom. The lowest BCUT2D eigenvalue weighted by atomic mass is 9.94. The highest BCUT2D eigenvalue weighted by Crippen LogP contribution is 2.16. The molecule has 0 saturated carbocycles. The van der Waals surface area contributed by atoms with Crippen LogP contribution in [0.15, 0.2) is 30.3 Å². The maximum Gasteiger partial charge on any atom is 0.326 e. The van der Waals surface area contributed by atoms with E-state index in [-0.39, 0.29) is 12.3 Å². The van der Waals surface area contributed by atoms with Crippen LogP contribution in [0.3, 0.4) is 0 Å². The molecule has 0 radical (unpaired) electrons. The van der Waals surface area contributed by atoms with E-state index in [4.69, 9.17) is 11.1 Å². The monoisotopic (exact) mass is 543 g/mol. The van der Waals surface area contributed by atoms with Gasteiger partial charge in [-0.3, -0.25) is 15.0 Å². The summed E-state index contributed by atoms with van der Waals surface area (Å²) in [4.78, 5) is 53.5. The Kier molecular flexibility index (Phi) is 11.5. The van der Waals surface area contributed by atoms with Gasteiger partial charge in [-0.15, -0.1) is 0 Å². The van der Waals surface area contributed by atoms with E-state index >= 15 is 0 Å². The molecule has 4 amide bonds. The van der Waals surface area contributed by atoms with Gasteiger partial charge >= 0.3 is 12.0 Å². The third-order valence-corrected chi connectivity index (χ3v) is 7.27. The number of amidine groups is 1. The summed E-state index contributed by atoms with van der Waals surface area (Å²) in [7, 11) is 0. The zero-order chi connectivity index (χ0) is 28.2. The lowest BCUT2D eigenvalue weighted by Gasteiger charge is -2.32. The van der Waals surface area contributed by atoms with Gasteiger partial charge in [0.15, 0.2) is 0 Å². The quantitative estimate of drug-likeness (QED) is 0.155. The van der Waals surface area contributed by atoms with Gasteiger partial charge in [-0.05, 0) is 50.3 Å². The molecule has 39 heavy (non-hydrogen) atoms. The smallest absolute Gasteiger partial charge is 0.326 e. The van der Waals surface area contributed by atoms with E-state index in [2.05, 4.69) is 21.3 Å². The summed E-state index contributed by atoms with van der Waals surface area (Å²) >= 11 is 0. The molecule has 214 valence electrons. The number of carboxylic acids is 1. The summed E-state index contributed by atoms with van der Waals surface area (Å²) in [6, 6.07) is 5.17. The molecular weight excluding hydrogens is 502 g/mol. The average Bonchev–Trinajstić information content (AvgIpc) is 3.21. The van der Waals surface area contributed by atoms with Gasteiger partial charge in [0, 0.05) is 26.1 Å². The molecular formula is C27H41N7O5. The van der Waals surface area contributed by atoms with Crippen LogP contribution in [-0.2, 0) is 20.8 Å². The van der Waals surface area contributed by atoms with E-state index in [0.29, 0.717) is 25.2 Å². The molecule has 0 aliphatic carbocycles. The van der Waals surface area contributed by atoms with Crippen molar-refractivity contribution in [1.29, 1.82) is 5.41 Å². The van der Waals surface area contributed by atoms with Crippen molar-refractivity contribution in [3.05, 3.63) is 35.9 Å². The van der Waals surface area contributed by atoms with E-state index in [1.165, 1.54) is 0 Å². The Morgan fingerprint density at radius 3 is 2.33 bits per heavy atom. The minimum Gasteiger partial charge on any atom is -0.480 e. The molecule has 2 heterocycles. The molecule has 1 aromatic rings. The molecule has 2 aliphatic rings. The third-order valence-electron chi connectivity index (χ3n) is 7.27. The van der Waals surface area contributed by atoms with Crippen LogP contribution >= 0.6 is 0 Å². The Balaban J connectivity index is 1.77. The van der Waals surface area contributed by atoms with Crippen LogP contribution in [0, 0.1) is 17.2 Å². The Hall–Kier alpha value is -3.67. The number of piperidine rings is 1. The molecule has 0 bridgehead atoms. The molecule has 2 saturated heterocycles. The van der Waals surface area contributed by atoms with Crippen LogP contribution < -0.4 is 27.0 Å². The van der Waals surface area contributed by atoms with Gasteiger partial charge in [-0.25, -0.2) is 9.59 Å². The second-order valence-corrected chi connectivity index (χ2v) is 10.3. The Morgan fingerprint density at radius 1 is 1.05 bits per heavy atom. The number of nitrogens with zero attached hydrogens (tertiary/aromatic N) is 1. The van der Waals surface area contributed by atoms with Gasteiger partial charge in [0.1, 0.15) is 23.8 Å². The summed E-state index contributed by atoms with van der Waals surface area (Å²) in [5.41, 5.74) is 6.56. The number of aliphatic carboxylic acids is 1. The zero-order valence-corrected chi connectivity index (χ0v) is 22.3. The third kappa shape index (κ3) is 9.24. The molecule has 12 nitrogen and oxygen atoms in total. The summed E-state index contributed by atoms with van der Waals surface area (Å²) in [5, 5.41) is 28.9. The second-order valence-electron chi connectivity index (χ2n) is 10.3. The number of nitrogens with two attached hydrogens (primary N) is 1. The molecule has 2 aliphatic heterocycles. The molecule has 1 unspecified atom stereocenters. The standard InChI is InChI=1S/C27H41N7O5/c28-23(29)21(24(35)31-17-19-11-8-12-30-16-19)22(25(36)34-13-6-1-2-7-14-34)33-27(39)32-20(26(37)38)15-18-9-4-3-5-10-18/h3-5,9-10,19-22,30H,1-2,6-8,11-17H2,(H3,28,29)(H,31,35)(H,37,38)(H2,32,33,39)/t19?,20-,21-,22-/m0/s1. The van der Waals surface area contributed by atoms with Crippen molar-refractivity contribution >= 4 is 29.7 Å². The Labute approximate surface area is 229 Å². The molecule has 12 heteroatoms. The minimum absolute atomic E-state index is 0.0282. The number of benzene rings is 1. The number of nitrogens with one attached hydrogen (secondary N) is 5. The zero-order valence-electron chi connectivity index (χ0n) is 22.3. The summed E-state index contributed by atoms with van der Waals surface area (Å²) in [6.45, 7) is 2.95. The Bertz CT molecular complexity index is 991. The highest BCUT2D eigenvalue weighted by molar-refractivity contribution is 6.07. The maximum absolute atomic E-state index is 13.7. The number of amides is 4. The number of hydrogen-bond donors (Lipinski definition) is 7. The lowest BCUT2D eigenvalue weighted by Crippen LogP contribution is -2.61.